The largest absolute Gasteiger partial charge is 0.388 e. The van der Waals surface area contributed by atoms with Crippen LogP contribution in [0.3, 0.4) is 0 Å². The van der Waals surface area contributed by atoms with Crippen LogP contribution in [0.2, 0.25) is 5.02 Å². The van der Waals surface area contributed by atoms with Crippen molar-refractivity contribution in [2.75, 3.05) is 6.61 Å². The van der Waals surface area contributed by atoms with Gasteiger partial charge in [0.05, 0.1) is 17.6 Å². The van der Waals surface area contributed by atoms with E-state index in [1.54, 1.807) is 10.6 Å². The van der Waals surface area contributed by atoms with Crippen molar-refractivity contribution in [3.05, 3.63) is 27.5 Å². The number of hydrogen-bond acceptors (Lipinski definition) is 5. The van der Waals surface area contributed by atoms with Gasteiger partial charge in [-0.2, -0.15) is 0 Å². The van der Waals surface area contributed by atoms with Crippen LogP contribution < -0.4 is 0 Å². The van der Waals surface area contributed by atoms with Crippen molar-refractivity contribution < 1.29 is 20.1 Å². The van der Waals surface area contributed by atoms with E-state index in [1.165, 1.54) is 0 Å². The van der Waals surface area contributed by atoms with E-state index in [0.29, 0.717) is 20.8 Å². The standard InChI is InChI=1S/C13H14BrClN2O4/c1-5-2-7-8(3-6(5)15)17(13(14)16-7)12-11(20)10(19)9(18)4-21-12/h2-3,9-12,18-20H,4H2,1H3/t9-,10-,11-,12-/m1/s1. The van der Waals surface area contributed by atoms with Crippen LogP contribution in [0, 0.1) is 6.92 Å². The summed E-state index contributed by atoms with van der Waals surface area (Å²) in [5.41, 5.74) is 2.26. The third-order valence-corrected chi connectivity index (χ3v) is 4.62. The Bertz CT molecular complexity index is 692. The van der Waals surface area contributed by atoms with Gasteiger partial charge in [-0.1, -0.05) is 11.6 Å². The lowest BCUT2D eigenvalue weighted by molar-refractivity contribution is -0.210. The Kier molecular flexibility index (Phi) is 3.98. The molecule has 1 saturated heterocycles. The van der Waals surface area contributed by atoms with Gasteiger partial charge >= 0.3 is 0 Å². The second kappa shape index (κ2) is 5.49. The van der Waals surface area contributed by atoms with Crippen molar-refractivity contribution in [1.82, 2.24) is 9.55 Å². The average molecular weight is 378 g/mol. The van der Waals surface area contributed by atoms with E-state index in [0.717, 1.165) is 5.56 Å². The summed E-state index contributed by atoms with van der Waals surface area (Å²) >= 11 is 9.48. The normalized spacial score (nSPS) is 30.0. The lowest BCUT2D eigenvalue weighted by atomic mass is 10.0. The molecule has 114 valence electrons. The van der Waals surface area contributed by atoms with Gasteiger partial charge in [-0.25, -0.2) is 4.98 Å². The van der Waals surface area contributed by atoms with Gasteiger partial charge in [-0.05, 0) is 40.5 Å². The molecule has 3 N–H and O–H groups in total. The van der Waals surface area contributed by atoms with Crippen LogP contribution in [-0.2, 0) is 4.74 Å². The number of aryl methyl sites for hydroxylation is 1. The van der Waals surface area contributed by atoms with Crippen molar-refractivity contribution in [3.8, 4) is 0 Å². The van der Waals surface area contributed by atoms with E-state index < -0.39 is 24.5 Å². The topological polar surface area (TPSA) is 87.7 Å². The number of benzene rings is 1. The third-order valence-electron chi connectivity index (χ3n) is 3.66. The minimum absolute atomic E-state index is 0.0748. The number of aliphatic hydroxyl groups is 3. The molecule has 1 aromatic carbocycles. The number of aromatic nitrogens is 2. The molecule has 0 spiro atoms. The van der Waals surface area contributed by atoms with Crippen LogP contribution in [0.1, 0.15) is 11.8 Å². The number of halogens is 2. The fraction of sp³-hybridized carbons (Fsp3) is 0.462. The Balaban J connectivity index is 2.12. The molecule has 3 rings (SSSR count). The van der Waals surface area contributed by atoms with E-state index in [4.69, 9.17) is 16.3 Å². The van der Waals surface area contributed by atoms with E-state index in [9.17, 15) is 15.3 Å². The van der Waals surface area contributed by atoms with Crippen molar-refractivity contribution in [2.45, 2.75) is 31.5 Å². The molecule has 0 saturated carbocycles. The van der Waals surface area contributed by atoms with Crippen LogP contribution in [0.25, 0.3) is 11.0 Å². The molecule has 1 aliphatic heterocycles. The van der Waals surface area contributed by atoms with Crippen LogP contribution >= 0.6 is 27.5 Å². The first kappa shape index (κ1) is 15.2. The van der Waals surface area contributed by atoms with Crippen molar-refractivity contribution in [3.63, 3.8) is 0 Å². The van der Waals surface area contributed by atoms with Crippen LogP contribution in [0.15, 0.2) is 16.9 Å². The molecule has 4 atom stereocenters. The summed E-state index contributed by atoms with van der Waals surface area (Å²) in [6.45, 7) is 1.80. The van der Waals surface area contributed by atoms with Crippen LogP contribution in [0.5, 0.6) is 0 Å². The Hall–Kier alpha value is -0.700. The lowest BCUT2D eigenvalue weighted by Gasteiger charge is -2.36. The van der Waals surface area contributed by atoms with Gasteiger partial charge in [0, 0.05) is 5.02 Å². The molecule has 0 bridgehead atoms. The Morgan fingerprint density at radius 2 is 2.05 bits per heavy atom. The van der Waals surface area contributed by atoms with Crippen molar-refractivity contribution >= 4 is 38.6 Å². The lowest BCUT2D eigenvalue weighted by Crippen LogP contribution is -2.50. The zero-order valence-electron chi connectivity index (χ0n) is 11.1. The summed E-state index contributed by atoms with van der Waals surface area (Å²) in [6, 6.07) is 3.57. The third kappa shape index (κ3) is 2.48. The Morgan fingerprint density at radius 3 is 2.76 bits per heavy atom. The van der Waals surface area contributed by atoms with Gasteiger partial charge in [-0.15, -0.1) is 0 Å². The molecule has 1 aliphatic rings. The number of aliphatic hydroxyl groups excluding tert-OH is 3. The predicted molar refractivity (Wildman–Crippen MR) is 80.2 cm³/mol. The van der Waals surface area contributed by atoms with E-state index in [1.807, 2.05) is 13.0 Å². The molecule has 1 aromatic heterocycles. The molecule has 0 unspecified atom stereocenters. The molecule has 0 amide bonds. The van der Waals surface area contributed by atoms with Crippen LogP contribution in [-0.4, -0.2) is 49.8 Å². The number of hydrogen-bond donors (Lipinski definition) is 3. The quantitative estimate of drug-likeness (QED) is 0.699. The Morgan fingerprint density at radius 1 is 1.33 bits per heavy atom. The Labute approximate surface area is 134 Å². The molecule has 2 heterocycles. The number of fused-ring (bicyclic) bond motifs is 1. The molecule has 1 fully saturated rings. The van der Waals surface area contributed by atoms with Gasteiger partial charge in [0.15, 0.2) is 11.0 Å². The van der Waals surface area contributed by atoms with Gasteiger partial charge in [0.2, 0.25) is 0 Å². The molecule has 0 radical (unpaired) electrons. The smallest absolute Gasteiger partial charge is 0.180 e. The summed E-state index contributed by atoms with van der Waals surface area (Å²) in [5, 5.41) is 30.1. The summed E-state index contributed by atoms with van der Waals surface area (Å²) in [5.74, 6) is 0. The summed E-state index contributed by atoms with van der Waals surface area (Å²) in [6.07, 6.45) is -4.53. The molecule has 8 heteroatoms. The zero-order valence-corrected chi connectivity index (χ0v) is 13.4. The zero-order chi connectivity index (χ0) is 15.3. The highest BCUT2D eigenvalue weighted by molar-refractivity contribution is 9.10. The molecule has 0 aliphatic carbocycles. The minimum atomic E-state index is -1.28. The maximum Gasteiger partial charge on any atom is 0.180 e. The van der Waals surface area contributed by atoms with Crippen LogP contribution in [0.4, 0.5) is 0 Å². The van der Waals surface area contributed by atoms with Crippen molar-refractivity contribution in [1.29, 1.82) is 0 Å². The first-order chi connectivity index (χ1) is 9.90. The van der Waals surface area contributed by atoms with Gasteiger partial charge in [0.25, 0.3) is 0 Å². The van der Waals surface area contributed by atoms with E-state index >= 15 is 0 Å². The van der Waals surface area contributed by atoms with E-state index in [-0.39, 0.29) is 6.61 Å². The van der Waals surface area contributed by atoms with E-state index in [2.05, 4.69) is 20.9 Å². The SMILES string of the molecule is Cc1cc2nc(Br)n([C@@H]3OC[C@@H](O)[C@@H](O)[C@H]3O)c2cc1Cl. The highest BCUT2D eigenvalue weighted by Crippen LogP contribution is 2.33. The maximum absolute atomic E-state index is 10.2. The van der Waals surface area contributed by atoms with Gasteiger partial charge < -0.3 is 20.1 Å². The number of imidazole rings is 1. The fourth-order valence-electron chi connectivity index (χ4n) is 2.45. The molecule has 21 heavy (non-hydrogen) atoms. The number of nitrogens with zero attached hydrogens (tertiary/aromatic N) is 2. The average Bonchev–Trinajstić information content (AvgIpc) is 2.73. The predicted octanol–water partition coefficient (Wildman–Crippen LogP) is 1.37. The summed E-state index contributed by atoms with van der Waals surface area (Å²) < 4.78 is 7.53. The maximum atomic E-state index is 10.2. The highest BCUT2D eigenvalue weighted by atomic mass is 79.9. The monoisotopic (exact) mass is 376 g/mol. The summed E-state index contributed by atoms with van der Waals surface area (Å²) in [7, 11) is 0. The van der Waals surface area contributed by atoms with Gasteiger partial charge in [-0.3, -0.25) is 4.57 Å². The minimum Gasteiger partial charge on any atom is -0.388 e. The molecular weight excluding hydrogens is 364 g/mol. The second-order valence-corrected chi connectivity index (χ2v) is 6.23. The molecular formula is C13H14BrClN2O4. The van der Waals surface area contributed by atoms with Crippen molar-refractivity contribution in [2.24, 2.45) is 0 Å². The summed E-state index contributed by atoms with van der Waals surface area (Å²) in [4.78, 5) is 4.35. The molecule has 6 nitrogen and oxygen atoms in total. The fourth-order valence-corrected chi connectivity index (χ4v) is 3.19. The second-order valence-electron chi connectivity index (χ2n) is 5.11. The first-order valence-corrected chi connectivity index (χ1v) is 7.56. The van der Waals surface area contributed by atoms with Gasteiger partial charge in [0.1, 0.15) is 18.3 Å². The number of rotatable bonds is 1. The first-order valence-electron chi connectivity index (χ1n) is 6.39. The number of ether oxygens (including phenoxy) is 1. The highest BCUT2D eigenvalue weighted by Gasteiger charge is 2.39. The molecule has 2 aromatic rings.